The van der Waals surface area contributed by atoms with Gasteiger partial charge >= 0.3 is 0 Å². The van der Waals surface area contributed by atoms with Crippen LogP contribution in [0.1, 0.15) is 43.7 Å². The lowest BCUT2D eigenvalue weighted by Gasteiger charge is -2.22. The van der Waals surface area contributed by atoms with Gasteiger partial charge in [-0.05, 0) is 43.9 Å². The van der Waals surface area contributed by atoms with Crippen LogP contribution < -0.4 is 5.32 Å². The number of halogens is 1. The Kier molecular flexibility index (Phi) is 3.82. The number of rotatable bonds is 3. The molecule has 1 aliphatic heterocycles. The molecule has 1 saturated heterocycles. The molecule has 1 aliphatic rings. The molecule has 1 aromatic rings. The highest BCUT2D eigenvalue weighted by molar-refractivity contribution is 5.29. The van der Waals surface area contributed by atoms with Gasteiger partial charge in [0, 0.05) is 12.0 Å². The van der Waals surface area contributed by atoms with Gasteiger partial charge in [-0.25, -0.2) is 4.39 Å². The molecular formula is C15H22FN. The molecule has 0 spiro atoms. The molecule has 2 heteroatoms. The minimum absolute atomic E-state index is 0.0435. The van der Waals surface area contributed by atoms with Gasteiger partial charge in [0.05, 0.1) is 0 Å². The van der Waals surface area contributed by atoms with Gasteiger partial charge < -0.3 is 5.32 Å². The number of hydrogen-bond donors (Lipinski definition) is 1. The van der Waals surface area contributed by atoms with Crippen LogP contribution in [0.3, 0.4) is 0 Å². The monoisotopic (exact) mass is 235 g/mol. The first-order chi connectivity index (χ1) is 8.08. The highest BCUT2D eigenvalue weighted by atomic mass is 19.1. The standard InChI is InChI=1S/C15H22FN/c1-10(2)8-15-12(6-7-17-15)13-9-11(3)4-5-14(13)16/h4-5,9-10,12,15,17H,6-8H2,1-3H3. The third-order valence-corrected chi connectivity index (χ3v) is 3.62. The Morgan fingerprint density at radius 1 is 1.41 bits per heavy atom. The van der Waals surface area contributed by atoms with Gasteiger partial charge in [-0.2, -0.15) is 0 Å². The molecule has 17 heavy (non-hydrogen) atoms. The summed E-state index contributed by atoms with van der Waals surface area (Å²) in [5, 5.41) is 3.52. The van der Waals surface area contributed by atoms with Crippen LogP contribution in [0.2, 0.25) is 0 Å². The van der Waals surface area contributed by atoms with Crippen molar-refractivity contribution >= 4 is 0 Å². The average Bonchev–Trinajstić information content (AvgIpc) is 2.69. The molecule has 1 N–H and O–H groups in total. The van der Waals surface area contributed by atoms with E-state index in [9.17, 15) is 4.39 Å². The fourth-order valence-electron chi connectivity index (χ4n) is 2.84. The number of benzene rings is 1. The first kappa shape index (κ1) is 12.6. The van der Waals surface area contributed by atoms with E-state index in [4.69, 9.17) is 0 Å². The molecule has 0 radical (unpaired) electrons. The highest BCUT2D eigenvalue weighted by Crippen LogP contribution is 2.33. The molecule has 1 fully saturated rings. The van der Waals surface area contributed by atoms with E-state index >= 15 is 0 Å². The summed E-state index contributed by atoms with van der Waals surface area (Å²) in [6, 6.07) is 5.90. The molecule has 2 unspecified atom stereocenters. The Hall–Kier alpha value is -0.890. The van der Waals surface area contributed by atoms with Gasteiger partial charge in [0.1, 0.15) is 5.82 Å². The Balaban J connectivity index is 2.22. The largest absolute Gasteiger partial charge is 0.313 e. The van der Waals surface area contributed by atoms with E-state index in [-0.39, 0.29) is 5.82 Å². The summed E-state index contributed by atoms with van der Waals surface area (Å²) in [6.07, 6.45) is 2.18. The molecule has 94 valence electrons. The average molecular weight is 235 g/mol. The predicted octanol–water partition coefficient (Wildman–Crippen LogP) is 3.63. The van der Waals surface area contributed by atoms with Gasteiger partial charge in [0.15, 0.2) is 0 Å². The van der Waals surface area contributed by atoms with Crippen molar-refractivity contribution in [2.24, 2.45) is 5.92 Å². The third-order valence-electron chi connectivity index (χ3n) is 3.62. The first-order valence-corrected chi connectivity index (χ1v) is 6.57. The lowest BCUT2D eigenvalue weighted by Crippen LogP contribution is -2.28. The fraction of sp³-hybridized carbons (Fsp3) is 0.600. The van der Waals surface area contributed by atoms with Crippen molar-refractivity contribution < 1.29 is 4.39 Å². The van der Waals surface area contributed by atoms with Gasteiger partial charge in [-0.15, -0.1) is 0 Å². The van der Waals surface area contributed by atoms with Crippen LogP contribution >= 0.6 is 0 Å². The minimum atomic E-state index is -0.0435. The SMILES string of the molecule is Cc1ccc(F)c(C2CCNC2CC(C)C)c1. The summed E-state index contributed by atoms with van der Waals surface area (Å²) in [6.45, 7) is 7.49. The summed E-state index contributed by atoms with van der Waals surface area (Å²) in [4.78, 5) is 0. The van der Waals surface area contributed by atoms with Crippen LogP contribution in [-0.2, 0) is 0 Å². The van der Waals surface area contributed by atoms with Crippen molar-refractivity contribution in [3.8, 4) is 0 Å². The van der Waals surface area contributed by atoms with E-state index in [1.165, 1.54) is 0 Å². The van der Waals surface area contributed by atoms with Crippen LogP contribution in [0.5, 0.6) is 0 Å². The smallest absolute Gasteiger partial charge is 0.126 e. The lowest BCUT2D eigenvalue weighted by atomic mass is 9.86. The van der Waals surface area contributed by atoms with Gasteiger partial charge in [0.2, 0.25) is 0 Å². The van der Waals surface area contributed by atoms with E-state index in [0.717, 1.165) is 30.5 Å². The van der Waals surface area contributed by atoms with Crippen molar-refractivity contribution in [1.82, 2.24) is 5.32 Å². The molecule has 0 aromatic heterocycles. The van der Waals surface area contributed by atoms with E-state index in [1.807, 2.05) is 19.1 Å². The molecule has 0 amide bonds. The van der Waals surface area contributed by atoms with Crippen LogP contribution in [0, 0.1) is 18.7 Å². The molecular weight excluding hydrogens is 213 g/mol. The van der Waals surface area contributed by atoms with Gasteiger partial charge in [0.25, 0.3) is 0 Å². The Bertz CT molecular complexity index is 387. The molecule has 1 nitrogen and oxygen atoms in total. The zero-order valence-corrected chi connectivity index (χ0v) is 11.0. The lowest BCUT2D eigenvalue weighted by molar-refractivity contribution is 0.425. The van der Waals surface area contributed by atoms with Crippen LogP contribution in [0.25, 0.3) is 0 Å². The quantitative estimate of drug-likeness (QED) is 0.843. The number of aryl methyl sites for hydroxylation is 1. The summed E-state index contributed by atoms with van der Waals surface area (Å²) < 4.78 is 13.9. The zero-order chi connectivity index (χ0) is 12.4. The number of nitrogens with one attached hydrogen (secondary N) is 1. The second-order valence-electron chi connectivity index (χ2n) is 5.61. The fourth-order valence-corrected chi connectivity index (χ4v) is 2.84. The second kappa shape index (κ2) is 5.18. The van der Waals surface area contributed by atoms with Crippen LogP contribution in [0.15, 0.2) is 18.2 Å². The second-order valence-corrected chi connectivity index (χ2v) is 5.61. The Labute approximate surface area is 103 Å². The van der Waals surface area contributed by atoms with E-state index in [1.54, 1.807) is 6.07 Å². The molecule has 0 bridgehead atoms. The maximum atomic E-state index is 13.9. The Morgan fingerprint density at radius 2 is 2.18 bits per heavy atom. The zero-order valence-electron chi connectivity index (χ0n) is 11.0. The molecule has 0 saturated carbocycles. The minimum Gasteiger partial charge on any atom is -0.313 e. The van der Waals surface area contributed by atoms with Gasteiger partial charge in [-0.3, -0.25) is 0 Å². The van der Waals surface area contributed by atoms with Crippen molar-refractivity contribution in [1.29, 1.82) is 0 Å². The normalized spacial score (nSPS) is 24.5. The van der Waals surface area contributed by atoms with Crippen LogP contribution in [0.4, 0.5) is 4.39 Å². The van der Waals surface area contributed by atoms with Crippen molar-refractivity contribution in [2.75, 3.05) is 6.54 Å². The maximum absolute atomic E-state index is 13.9. The molecule has 2 rings (SSSR count). The molecule has 0 aliphatic carbocycles. The predicted molar refractivity (Wildman–Crippen MR) is 69.7 cm³/mol. The highest BCUT2D eigenvalue weighted by Gasteiger charge is 2.30. The summed E-state index contributed by atoms with van der Waals surface area (Å²) >= 11 is 0. The van der Waals surface area contributed by atoms with E-state index in [2.05, 4.69) is 19.2 Å². The number of hydrogen-bond acceptors (Lipinski definition) is 1. The third kappa shape index (κ3) is 2.86. The van der Waals surface area contributed by atoms with Gasteiger partial charge in [-0.1, -0.05) is 31.5 Å². The summed E-state index contributed by atoms with van der Waals surface area (Å²) in [5.74, 6) is 0.955. The molecule has 1 aromatic carbocycles. The van der Waals surface area contributed by atoms with Crippen molar-refractivity contribution in [3.05, 3.63) is 35.1 Å². The summed E-state index contributed by atoms with van der Waals surface area (Å²) in [5.41, 5.74) is 2.05. The summed E-state index contributed by atoms with van der Waals surface area (Å²) in [7, 11) is 0. The molecule has 2 atom stereocenters. The topological polar surface area (TPSA) is 12.0 Å². The Morgan fingerprint density at radius 3 is 2.88 bits per heavy atom. The van der Waals surface area contributed by atoms with E-state index < -0.39 is 0 Å². The molecule has 1 heterocycles. The van der Waals surface area contributed by atoms with E-state index in [0.29, 0.717) is 17.9 Å². The van der Waals surface area contributed by atoms with Crippen LogP contribution in [-0.4, -0.2) is 12.6 Å². The first-order valence-electron chi connectivity index (χ1n) is 6.57. The maximum Gasteiger partial charge on any atom is 0.126 e. The van der Waals surface area contributed by atoms with Crippen molar-refractivity contribution in [2.45, 2.75) is 45.6 Å². The van der Waals surface area contributed by atoms with Crippen molar-refractivity contribution in [3.63, 3.8) is 0 Å².